The summed E-state index contributed by atoms with van der Waals surface area (Å²) >= 11 is 3.63. The summed E-state index contributed by atoms with van der Waals surface area (Å²) in [5, 5.41) is 3.60. The number of rotatable bonds is 7. The predicted molar refractivity (Wildman–Crippen MR) is 89.7 cm³/mol. The Balaban J connectivity index is 2.22. The van der Waals surface area contributed by atoms with Crippen molar-refractivity contribution >= 4 is 15.9 Å². The molecule has 0 fully saturated rings. The minimum Gasteiger partial charge on any atom is -0.497 e. The van der Waals surface area contributed by atoms with Crippen molar-refractivity contribution in [1.29, 1.82) is 0 Å². The second-order valence-corrected chi connectivity index (χ2v) is 5.81. The number of hydrogen-bond acceptors (Lipinski definition) is 3. The molecule has 0 bridgehead atoms. The van der Waals surface area contributed by atoms with Gasteiger partial charge in [0.2, 0.25) is 0 Å². The Morgan fingerprint density at radius 1 is 1.33 bits per heavy atom. The summed E-state index contributed by atoms with van der Waals surface area (Å²) in [5.74, 6) is 0.883. The Bertz CT molecular complexity index is 560. The van der Waals surface area contributed by atoms with Crippen LogP contribution in [0.2, 0.25) is 0 Å². The molecule has 2 aromatic rings. The number of nitrogens with zero attached hydrogens (tertiary/aromatic N) is 1. The topological polar surface area (TPSA) is 34.1 Å². The molecule has 0 saturated heterocycles. The summed E-state index contributed by atoms with van der Waals surface area (Å²) < 4.78 is 6.43. The van der Waals surface area contributed by atoms with Crippen LogP contribution in [-0.2, 0) is 6.42 Å². The number of benzene rings is 1. The maximum Gasteiger partial charge on any atom is 0.119 e. The highest BCUT2D eigenvalue weighted by Crippen LogP contribution is 2.27. The number of aromatic nitrogens is 1. The van der Waals surface area contributed by atoms with Gasteiger partial charge in [0.05, 0.1) is 7.11 Å². The fourth-order valence-corrected chi connectivity index (χ4v) is 2.67. The van der Waals surface area contributed by atoms with E-state index in [-0.39, 0.29) is 6.04 Å². The van der Waals surface area contributed by atoms with Crippen LogP contribution >= 0.6 is 15.9 Å². The summed E-state index contributed by atoms with van der Waals surface area (Å²) in [5.41, 5.74) is 2.44. The van der Waals surface area contributed by atoms with E-state index >= 15 is 0 Å². The fraction of sp³-hybridized carbons (Fsp3) is 0.353. The van der Waals surface area contributed by atoms with Gasteiger partial charge < -0.3 is 10.1 Å². The van der Waals surface area contributed by atoms with Gasteiger partial charge in [0, 0.05) is 22.9 Å². The van der Waals surface area contributed by atoms with Gasteiger partial charge in [0.25, 0.3) is 0 Å². The molecular weight excluding hydrogens is 328 g/mol. The summed E-state index contributed by atoms with van der Waals surface area (Å²) in [4.78, 5) is 4.24. The molecule has 0 aliphatic heterocycles. The van der Waals surface area contributed by atoms with E-state index in [0.717, 1.165) is 29.6 Å². The van der Waals surface area contributed by atoms with E-state index in [1.165, 1.54) is 11.1 Å². The lowest BCUT2D eigenvalue weighted by Crippen LogP contribution is -2.24. The van der Waals surface area contributed by atoms with E-state index in [9.17, 15) is 0 Å². The normalized spacial score (nSPS) is 12.1. The molecule has 1 unspecified atom stereocenters. The Morgan fingerprint density at radius 2 is 2.19 bits per heavy atom. The minimum absolute atomic E-state index is 0.252. The number of ether oxygens (including phenoxy) is 1. The molecule has 1 aromatic carbocycles. The molecule has 3 nitrogen and oxygen atoms in total. The summed E-state index contributed by atoms with van der Waals surface area (Å²) in [6, 6.07) is 10.4. The highest BCUT2D eigenvalue weighted by atomic mass is 79.9. The maximum absolute atomic E-state index is 5.32. The molecule has 1 heterocycles. The number of pyridine rings is 1. The monoisotopic (exact) mass is 348 g/mol. The highest BCUT2D eigenvalue weighted by Gasteiger charge is 2.14. The fourth-order valence-electron chi connectivity index (χ4n) is 2.26. The Morgan fingerprint density at radius 3 is 2.86 bits per heavy atom. The molecule has 0 saturated carbocycles. The molecule has 0 aliphatic carbocycles. The van der Waals surface area contributed by atoms with Crippen molar-refractivity contribution in [2.75, 3.05) is 13.7 Å². The standard InChI is InChI=1S/C17H21BrN2O/c1-3-8-20-17(13-5-4-9-19-12-13)11-14-10-15(21-2)6-7-16(14)18/h4-7,9-10,12,17,20H,3,8,11H2,1-2H3. The first-order valence-corrected chi connectivity index (χ1v) is 7.99. The van der Waals surface area contributed by atoms with Crippen molar-refractivity contribution in [1.82, 2.24) is 10.3 Å². The van der Waals surface area contributed by atoms with Gasteiger partial charge in [-0.1, -0.05) is 28.9 Å². The lowest BCUT2D eigenvalue weighted by molar-refractivity contribution is 0.413. The van der Waals surface area contributed by atoms with Crippen LogP contribution in [0.15, 0.2) is 47.2 Å². The van der Waals surface area contributed by atoms with Crippen LogP contribution in [-0.4, -0.2) is 18.6 Å². The van der Waals surface area contributed by atoms with Crippen LogP contribution in [0.4, 0.5) is 0 Å². The first-order chi connectivity index (χ1) is 10.2. The molecule has 1 atom stereocenters. The van der Waals surface area contributed by atoms with Crippen LogP contribution in [0.5, 0.6) is 5.75 Å². The van der Waals surface area contributed by atoms with E-state index in [1.807, 2.05) is 30.6 Å². The van der Waals surface area contributed by atoms with Crippen molar-refractivity contribution in [2.45, 2.75) is 25.8 Å². The maximum atomic E-state index is 5.32. The van der Waals surface area contributed by atoms with Gasteiger partial charge in [-0.25, -0.2) is 0 Å². The quantitative estimate of drug-likeness (QED) is 0.816. The van der Waals surface area contributed by atoms with Crippen molar-refractivity contribution in [3.05, 3.63) is 58.3 Å². The lowest BCUT2D eigenvalue weighted by atomic mass is 10.00. The first-order valence-electron chi connectivity index (χ1n) is 7.20. The molecule has 0 aliphatic rings. The van der Waals surface area contributed by atoms with Crippen molar-refractivity contribution in [3.63, 3.8) is 0 Å². The van der Waals surface area contributed by atoms with Gasteiger partial charge >= 0.3 is 0 Å². The smallest absolute Gasteiger partial charge is 0.119 e. The van der Waals surface area contributed by atoms with Gasteiger partial charge in [-0.05, 0) is 54.8 Å². The molecule has 1 N–H and O–H groups in total. The Kier molecular flexibility index (Phi) is 6.21. The van der Waals surface area contributed by atoms with Crippen LogP contribution in [0.25, 0.3) is 0 Å². The SMILES string of the molecule is CCCNC(Cc1cc(OC)ccc1Br)c1cccnc1. The highest BCUT2D eigenvalue weighted by molar-refractivity contribution is 9.10. The zero-order valence-electron chi connectivity index (χ0n) is 12.5. The van der Waals surface area contributed by atoms with Gasteiger partial charge in [0.1, 0.15) is 5.75 Å². The zero-order chi connectivity index (χ0) is 15.1. The zero-order valence-corrected chi connectivity index (χ0v) is 14.1. The molecule has 1 aromatic heterocycles. The average molecular weight is 349 g/mol. The predicted octanol–water partition coefficient (Wildman–Crippen LogP) is 4.14. The van der Waals surface area contributed by atoms with E-state index < -0.39 is 0 Å². The largest absolute Gasteiger partial charge is 0.497 e. The van der Waals surface area contributed by atoms with Gasteiger partial charge in [-0.2, -0.15) is 0 Å². The summed E-state index contributed by atoms with van der Waals surface area (Å²) in [7, 11) is 1.70. The van der Waals surface area contributed by atoms with E-state index in [2.05, 4.69) is 45.3 Å². The summed E-state index contributed by atoms with van der Waals surface area (Å²) in [6.07, 6.45) is 5.74. The number of hydrogen-bond donors (Lipinski definition) is 1. The van der Waals surface area contributed by atoms with E-state index in [0.29, 0.717) is 0 Å². The van der Waals surface area contributed by atoms with Crippen molar-refractivity contribution in [2.24, 2.45) is 0 Å². The van der Waals surface area contributed by atoms with Crippen molar-refractivity contribution < 1.29 is 4.74 Å². The van der Waals surface area contributed by atoms with Gasteiger partial charge in [-0.3, -0.25) is 4.98 Å². The summed E-state index contributed by atoms with van der Waals surface area (Å²) in [6.45, 7) is 3.16. The van der Waals surface area contributed by atoms with Gasteiger partial charge in [-0.15, -0.1) is 0 Å². The molecule has 112 valence electrons. The van der Waals surface area contributed by atoms with E-state index in [1.54, 1.807) is 7.11 Å². The molecule has 0 radical (unpaired) electrons. The first kappa shape index (κ1) is 16.0. The Labute approximate surface area is 134 Å². The lowest BCUT2D eigenvalue weighted by Gasteiger charge is -2.20. The second kappa shape index (κ2) is 8.15. The minimum atomic E-state index is 0.252. The van der Waals surface area contributed by atoms with E-state index in [4.69, 9.17) is 4.74 Å². The molecule has 0 spiro atoms. The van der Waals surface area contributed by atoms with Crippen LogP contribution in [0.1, 0.15) is 30.5 Å². The third-order valence-electron chi connectivity index (χ3n) is 3.40. The molecular formula is C17H21BrN2O. The third-order valence-corrected chi connectivity index (χ3v) is 4.18. The van der Waals surface area contributed by atoms with Crippen LogP contribution in [0.3, 0.4) is 0 Å². The Hall–Kier alpha value is -1.39. The van der Waals surface area contributed by atoms with Crippen LogP contribution in [0, 0.1) is 0 Å². The molecule has 0 amide bonds. The molecule has 4 heteroatoms. The molecule has 21 heavy (non-hydrogen) atoms. The molecule has 2 rings (SSSR count). The number of methoxy groups -OCH3 is 1. The third kappa shape index (κ3) is 4.55. The number of nitrogens with one attached hydrogen (secondary N) is 1. The second-order valence-electron chi connectivity index (χ2n) is 4.95. The average Bonchev–Trinajstić information content (AvgIpc) is 2.54. The van der Waals surface area contributed by atoms with Crippen LogP contribution < -0.4 is 10.1 Å². The number of halogens is 1. The van der Waals surface area contributed by atoms with Gasteiger partial charge in [0.15, 0.2) is 0 Å². The van der Waals surface area contributed by atoms with Crippen molar-refractivity contribution in [3.8, 4) is 5.75 Å².